The summed E-state index contributed by atoms with van der Waals surface area (Å²) in [4.78, 5) is 5.90. The van der Waals surface area contributed by atoms with Gasteiger partial charge in [0, 0.05) is 10.5 Å². The van der Waals surface area contributed by atoms with Crippen LogP contribution in [0.1, 0.15) is 39.0 Å². The minimum Gasteiger partial charge on any atom is -0.337 e. The van der Waals surface area contributed by atoms with E-state index in [1.54, 1.807) is 0 Å². The first-order valence-corrected chi connectivity index (χ1v) is 8.58. The lowest BCUT2D eigenvalue weighted by Gasteiger charge is -2.22. The number of rotatable bonds is 5. The highest BCUT2D eigenvalue weighted by Crippen LogP contribution is 2.34. The van der Waals surface area contributed by atoms with E-state index in [1.807, 2.05) is 11.8 Å². The van der Waals surface area contributed by atoms with E-state index in [-0.39, 0.29) is 5.54 Å². The molecule has 1 aromatic carbocycles. The van der Waals surface area contributed by atoms with Crippen molar-refractivity contribution < 1.29 is 4.52 Å². The molecule has 5 heteroatoms. The Hall–Kier alpha value is -1.33. The van der Waals surface area contributed by atoms with Crippen LogP contribution in [-0.2, 0) is 5.54 Å². The van der Waals surface area contributed by atoms with Gasteiger partial charge >= 0.3 is 0 Å². The molecule has 1 aliphatic heterocycles. The van der Waals surface area contributed by atoms with Crippen LogP contribution in [0.3, 0.4) is 0 Å². The van der Waals surface area contributed by atoms with Crippen molar-refractivity contribution in [3.8, 4) is 11.4 Å². The molecular weight excluding hydrogens is 282 g/mol. The molecule has 0 radical (unpaired) electrons. The number of aromatic nitrogens is 2. The van der Waals surface area contributed by atoms with Gasteiger partial charge in [0.25, 0.3) is 0 Å². The van der Waals surface area contributed by atoms with Crippen molar-refractivity contribution in [2.24, 2.45) is 0 Å². The highest BCUT2D eigenvalue weighted by Gasteiger charge is 2.38. The lowest BCUT2D eigenvalue weighted by molar-refractivity contribution is 0.250. The maximum Gasteiger partial charge on any atom is 0.247 e. The van der Waals surface area contributed by atoms with E-state index in [0.717, 1.165) is 43.0 Å². The minimum absolute atomic E-state index is 0.122. The fraction of sp³-hybridized carbons (Fsp3) is 0.500. The Morgan fingerprint density at radius 1 is 1.29 bits per heavy atom. The van der Waals surface area contributed by atoms with E-state index >= 15 is 0 Å². The second kappa shape index (κ2) is 6.20. The van der Waals surface area contributed by atoms with E-state index < -0.39 is 0 Å². The summed E-state index contributed by atoms with van der Waals surface area (Å²) in [5.41, 5.74) is 0.887. The van der Waals surface area contributed by atoms with Gasteiger partial charge < -0.3 is 9.84 Å². The zero-order valence-corrected chi connectivity index (χ0v) is 13.4. The number of nitrogens with zero attached hydrogens (tertiary/aromatic N) is 2. The standard InChI is InChI=1S/C16H21N3OS/c1-3-16(10-5-11-17-16)15-18-14(19-20-15)12-6-8-13(9-7-12)21-4-2/h6-9,17H,3-5,10-11H2,1-2H3. The van der Waals surface area contributed by atoms with E-state index in [4.69, 9.17) is 4.52 Å². The monoisotopic (exact) mass is 303 g/mol. The molecule has 2 heterocycles. The summed E-state index contributed by atoms with van der Waals surface area (Å²) in [6.07, 6.45) is 3.20. The molecule has 0 saturated carbocycles. The fourth-order valence-electron chi connectivity index (χ4n) is 2.84. The predicted octanol–water partition coefficient (Wildman–Crippen LogP) is 3.84. The Morgan fingerprint density at radius 2 is 2.10 bits per heavy atom. The summed E-state index contributed by atoms with van der Waals surface area (Å²) in [6.45, 7) is 5.34. The maximum absolute atomic E-state index is 5.55. The summed E-state index contributed by atoms with van der Waals surface area (Å²) in [5.74, 6) is 2.49. The summed E-state index contributed by atoms with van der Waals surface area (Å²) < 4.78 is 5.55. The third-order valence-corrected chi connectivity index (χ3v) is 5.00. The Bertz CT molecular complexity index is 588. The van der Waals surface area contributed by atoms with Crippen molar-refractivity contribution in [1.29, 1.82) is 0 Å². The molecule has 1 N–H and O–H groups in total. The van der Waals surface area contributed by atoms with Gasteiger partial charge in [-0.1, -0.05) is 19.0 Å². The Labute approximate surface area is 129 Å². The molecule has 1 aliphatic rings. The molecule has 0 aliphatic carbocycles. The second-order valence-electron chi connectivity index (χ2n) is 5.35. The third-order valence-electron chi connectivity index (χ3n) is 4.11. The highest BCUT2D eigenvalue weighted by molar-refractivity contribution is 7.99. The number of thioether (sulfide) groups is 1. The molecule has 1 saturated heterocycles. The van der Waals surface area contributed by atoms with Crippen LogP contribution in [-0.4, -0.2) is 22.4 Å². The van der Waals surface area contributed by atoms with Gasteiger partial charge in [0.2, 0.25) is 11.7 Å². The first-order chi connectivity index (χ1) is 10.3. The predicted molar refractivity (Wildman–Crippen MR) is 85.3 cm³/mol. The van der Waals surface area contributed by atoms with Gasteiger partial charge in [-0.15, -0.1) is 11.8 Å². The molecule has 0 spiro atoms. The first kappa shape index (κ1) is 14.6. The summed E-state index contributed by atoms with van der Waals surface area (Å²) in [5, 5.41) is 7.69. The molecule has 21 heavy (non-hydrogen) atoms. The topological polar surface area (TPSA) is 51.0 Å². The van der Waals surface area contributed by atoms with Crippen molar-refractivity contribution in [2.45, 2.75) is 43.5 Å². The average molecular weight is 303 g/mol. The van der Waals surface area contributed by atoms with Crippen molar-refractivity contribution in [1.82, 2.24) is 15.5 Å². The molecule has 1 atom stereocenters. The molecule has 3 rings (SSSR count). The van der Waals surface area contributed by atoms with Crippen molar-refractivity contribution >= 4 is 11.8 Å². The van der Waals surface area contributed by atoms with E-state index in [2.05, 4.69) is 53.6 Å². The molecule has 2 aromatic rings. The largest absolute Gasteiger partial charge is 0.337 e. The Morgan fingerprint density at radius 3 is 2.71 bits per heavy atom. The van der Waals surface area contributed by atoms with Crippen molar-refractivity contribution in [3.63, 3.8) is 0 Å². The van der Waals surface area contributed by atoms with Crippen LogP contribution in [0, 0.1) is 0 Å². The number of nitrogens with one attached hydrogen (secondary N) is 1. The van der Waals surface area contributed by atoms with Crippen LogP contribution in [0.4, 0.5) is 0 Å². The van der Waals surface area contributed by atoms with E-state index in [0.29, 0.717) is 5.82 Å². The summed E-state index contributed by atoms with van der Waals surface area (Å²) in [7, 11) is 0. The summed E-state index contributed by atoms with van der Waals surface area (Å²) in [6, 6.07) is 8.35. The van der Waals surface area contributed by atoms with Crippen LogP contribution in [0.5, 0.6) is 0 Å². The van der Waals surface area contributed by atoms with Crippen LogP contribution in [0.2, 0.25) is 0 Å². The first-order valence-electron chi connectivity index (χ1n) is 7.60. The number of benzene rings is 1. The van der Waals surface area contributed by atoms with Gasteiger partial charge in [0.15, 0.2) is 0 Å². The molecule has 4 nitrogen and oxygen atoms in total. The molecule has 0 amide bonds. The van der Waals surface area contributed by atoms with Gasteiger partial charge in [-0.2, -0.15) is 4.98 Å². The normalized spacial score (nSPS) is 21.8. The lowest BCUT2D eigenvalue weighted by atomic mass is 9.94. The molecule has 1 unspecified atom stereocenters. The zero-order chi connectivity index (χ0) is 14.7. The van der Waals surface area contributed by atoms with Gasteiger partial charge in [0.05, 0.1) is 5.54 Å². The average Bonchev–Trinajstić information content (AvgIpc) is 3.18. The van der Waals surface area contributed by atoms with Crippen molar-refractivity contribution in [2.75, 3.05) is 12.3 Å². The molecular formula is C16H21N3OS. The number of hydrogen-bond donors (Lipinski definition) is 1. The van der Waals surface area contributed by atoms with Crippen molar-refractivity contribution in [3.05, 3.63) is 30.2 Å². The Kier molecular flexibility index (Phi) is 4.31. The van der Waals surface area contributed by atoms with Crippen LogP contribution in [0.15, 0.2) is 33.7 Å². The SMILES string of the molecule is CCSc1ccc(-c2noc(C3(CC)CCCN3)n2)cc1. The molecule has 1 aromatic heterocycles. The van der Waals surface area contributed by atoms with Gasteiger partial charge in [-0.25, -0.2) is 0 Å². The zero-order valence-electron chi connectivity index (χ0n) is 12.6. The van der Waals surface area contributed by atoms with E-state index in [1.165, 1.54) is 4.90 Å². The van der Waals surface area contributed by atoms with Crippen LogP contribution < -0.4 is 5.32 Å². The number of hydrogen-bond acceptors (Lipinski definition) is 5. The Balaban J connectivity index is 1.84. The van der Waals surface area contributed by atoms with Gasteiger partial charge in [0.1, 0.15) is 0 Å². The van der Waals surface area contributed by atoms with Crippen LogP contribution in [0.25, 0.3) is 11.4 Å². The summed E-state index contributed by atoms with van der Waals surface area (Å²) >= 11 is 1.83. The second-order valence-corrected chi connectivity index (χ2v) is 6.68. The highest BCUT2D eigenvalue weighted by atomic mass is 32.2. The minimum atomic E-state index is -0.122. The molecule has 112 valence electrons. The third kappa shape index (κ3) is 2.85. The molecule has 1 fully saturated rings. The molecule has 0 bridgehead atoms. The lowest BCUT2D eigenvalue weighted by Crippen LogP contribution is -2.36. The van der Waals surface area contributed by atoms with E-state index in [9.17, 15) is 0 Å². The maximum atomic E-state index is 5.55. The van der Waals surface area contributed by atoms with Gasteiger partial charge in [-0.3, -0.25) is 0 Å². The quantitative estimate of drug-likeness (QED) is 0.851. The fourth-order valence-corrected chi connectivity index (χ4v) is 3.51. The van der Waals surface area contributed by atoms with Gasteiger partial charge in [-0.05, 0) is 55.8 Å². The smallest absolute Gasteiger partial charge is 0.247 e. The van der Waals surface area contributed by atoms with Crippen LogP contribution >= 0.6 is 11.8 Å².